The van der Waals surface area contributed by atoms with Crippen molar-refractivity contribution < 1.29 is 0 Å². The van der Waals surface area contributed by atoms with E-state index in [0.717, 1.165) is 6.42 Å². The number of hydrogen-bond acceptors (Lipinski definition) is 2. The number of nitrogens with two attached hydrogens (primary N) is 1. The van der Waals surface area contributed by atoms with Gasteiger partial charge in [0.15, 0.2) is 0 Å². The Bertz CT molecular complexity index is 372. The number of hydrogen-bond donors (Lipinski definition) is 1. The van der Waals surface area contributed by atoms with Gasteiger partial charge in [-0.2, -0.15) is 0 Å². The average Bonchev–Trinajstić information content (AvgIpc) is 2.66. The van der Waals surface area contributed by atoms with Gasteiger partial charge in [-0.25, -0.2) is 0 Å². The van der Waals surface area contributed by atoms with Gasteiger partial charge in [0.2, 0.25) is 0 Å². The molecule has 2 N–H and O–H groups in total. The summed E-state index contributed by atoms with van der Waals surface area (Å²) in [5.74, 6) is 0. The Labute approximate surface area is 132 Å². The van der Waals surface area contributed by atoms with Crippen molar-refractivity contribution >= 4 is 0 Å². The Morgan fingerprint density at radius 1 is 1.14 bits per heavy atom. The molecule has 0 amide bonds. The molecule has 1 spiro atoms. The van der Waals surface area contributed by atoms with Gasteiger partial charge in [0.05, 0.1) is 0 Å². The molecule has 0 aromatic carbocycles. The maximum absolute atomic E-state index is 6.62. The van der Waals surface area contributed by atoms with Crippen LogP contribution in [0.4, 0.5) is 0 Å². The quantitative estimate of drug-likeness (QED) is 0.813. The molecule has 1 aliphatic carbocycles. The van der Waals surface area contributed by atoms with Gasteiger partial charge in [0, 0.05) is 24.3 Å². The third-order valence-electron chi connectivity index (χ3n) is 5.63. The lowest BCUT2D eigenvalue weighted by Gasteiger charge is -2.43. The van der Waals surface area contributed by atoms with E-state index in [-0.39, 0.29) is 5.54 Å². The highest BCUT2D eigenvalue weighted by Crippen LogP contribution is 2.51. The van der Waals surface area contributed by atoms with Gasteiger partial charge in [-0.1, -0.05) is 40.7 Å². The van der Waals surface area contributed by atoms with Crippen molar-refractivity contribution in [1.82, 2.24) is 4.90 Å². The van der Waals surface area contributed by atoms with Gasteiger partial charge in [-0.3, -0.25) is 0 Å². The summed E-state index contributed by atoms with van der Waals surface area (Å²) < 4.78 is 0. The molecule has 0 bridgehead atoms. The molecule has 2 heteroatoms. The van der Waals surface area contributed by atoms with E-state index < -0.39 is 0 Å². The molecule has 2 aliphatic rings. The molecule has 1 heterocycles. The van der Waals surface area contributed by atoms with Crippen molar-refractivity contribution in [2.45, 2.75) is 84.6 Å². The van der Waals surface area contributed by atoms with Gasteiger partial charge in [-0.15, -0.1) is 0 Å². The second-order valence-electron chi connectivity index (χ2n) is 9.08. The smallest absolute Gasteiger partial charge is 0.0180 e. The monoisotopic (exact) mass is 292 g/mol. The highest BCUT2D eigenvalue weighted by molar-refractivity contribution is 5.06. The van der Waals surface area contributed by atoms with Crippen LogP contribution in [0.1, 0.15) is 79.1 Å². The fraction of sp³-hybridized carbons (Fsp3) is 0.895. The van der Waals surface area contributed by atoms with Gasteiger partial charge in [0.25, 0.3) is 0 Å². The number of piperidine rings is 1. The van der Waals surface area contributed by atoms with E-state index in [1.807, 2.05) is 0 Å². The standard InChI is InChI=1S/C19H36N2/c1-6-7-19(20)9-8-18(15-19)10-12-21(13-11-18)16(2)14-17(3,4)5/h2,6-15,20H2,1,3-5H3. The van der Waals surface area contributed by atoms with Crippen LogP contribution < -0.4 is 5.73 Å². The number of allylic oxidation sites excluding steroid dienone is 1. The molecular formula is C19H36N2. The molecule has 1 atom stereocenters. The number of likely N-dealkylation sites (tertiary alicyclic amines) is 1. The van der Waals surface area contributed by atoms with Crippen molar-refractivity contribution in [2.24, 2.45) is 16.6 Å². The van der Waals surface area contributed by atoms with Crippen LogP contribution in [0.25, 0.3) is 0 Å². The predicted octanol–water partition coefficient (Wildman–Crippen LogP) is 4.70. The molecule has 0 radical (unpaired) electrons. The summed E-state index contributed by atoms with van der Waals surface area (Å²) in [4.78, 5) is 2.53. The summed E-state index contributed by atoms with van der Waals surface area (Å²) in [6.07, 6.45) is 10.0. The summed E-state index contributed by atoms with van der Waals surface area (Å²) in [6, 6.07) is 0. The summed E-state index contributed by atoms with van der Waals surface area (Å²) in [6.45, 7) is 15.9. The summed E-state index contributed by atoms with van der Waals surface area (Å²) in [5.41, 5.74) is 8.98. The Hall–Kier alpha value is -0.500. The number of nitrogens with zero attached hydrogens (tertiary/aromatic N) is 1. The molecule has 1 aliphatic heterocycles. The van der Waals surface area contributed by atoms with E-state index >= 15 is 0 Å². The largest absolute Gasteiger partial charge is 0.375 e. The Kier molecular flexibility index (Phi) is 4.78. The zero-order valence-electron chi connectivity index (χ0n) is 14.8. The molecule has 21 heavy (non-hydrogen) atoms. The summed E-state index contributed by atoms with van der Waals surface area (Å²) in [7, 11) is 0. The van der Waals surface area contributed by atoms with Crippen LogP contribution >= 0.6 is 0 Å². The van der Waals surface area contributed by atoms with E-state index in [0.29, 0.717) is 10.8 Å². The van der Waals surface area contributed by atoms with E-state index in [1.54, 1.807) is 0 Å². The van der Waals surface area contributed by atoms with E-state index in [9.17, 15) is 0 Å². The molecule has 122 valence electrons. The van der Waals surface area contributed by atoms with Crippen molar-refractivity contribution in [3.05, 3.63) is 12.3 Å². The molecular weight excluding hydrogens is 256 g/mol. The van der Waals surface area contributed by atoms with Gasteiger partial charge >= 0.3 is 0 Å². The lowest BCUT2D eigenvalue weighted by atomic mass is 9.74. The SMILES string of the molecule is C=C(CC(C)(C)C)N1CCC2(CC1)CCC(N)(CCC)C2. The maximum Gasteiger partial charge on any atom is 0.0180 e. The lowest BCUT2D eigenvalue weighted by molar-refractivity contribution is 0.118. The minimum absolute atomic E-state index is 0.138. The summed E-state index contributed by atoms with van der Waals surface area (Å²) in [5, 5.41) is 0. The van der Waals surface area contributed by atoms with Crippen LogP contribution in [0.3, 0.4) is 0 Å². The number of rotatable bonds is 4. The predicted molar refractivity (Wildman–Crippen MR) is 92.1 cm³/mol. The van der Waals surface area contributed by atoms with Crippen LogP contribution in [-0.2, 0) is 0 Å². The van der Waals surface area contributed by atoms with Gasteiger partial charge < -0.3 is 10.6 Å². The van der Waals surface area contributed by atoms with Crippen molar-refractivity contribution in [1.29, 1.82) is 0 Å². The topological polar surface area (TPSA) is 29.3 Å². The fourth-order valence-corrected chi connectivity index (χ4v) is 4.60. The van der Waals surface area contributed by atoms with Crippen LogP contribution in [0.5, 0.6) is 0 Å². The van der Waals surface area contributed by atoms with Crippen LogP contribution in [0.2, 0.25) is 0 Å². The first-order valence-electron chi connectivity index (χ1n) is 8.89. The minimum Gasteiger partial charge on any atom is -0.375 e. The second-order valence-corrected chi connectivity index (χ2v) is 9.08. The average molecular weight is 293 g/mol. The van der Waals surface area contributed by atoms with Crippen molar-refractivity contribution in [2.75, 3.05) is 13.1 Å². The zero-order valence-corrected chi connectivity index (χ0v) is 14.8. The molecule has 2 rings (SSSR count). The highest BCUT2D eigenvalue weighted by atomic mass is 15.1. The molecule has 0 aromatic rings. The van der Waals surface area contributed by atoms with E-state index in [4.69, 9.17) is 5.73 Å². The molecule has 2 fully saturated rings. The maximum atomic E-state index is 6.62. The normalized spacial score (nSPS) is 29.1. The molecule has 2 nitrogen and oxygen atoms in total. The van der Waals surface area contributed by atoms with Crippen LogP contribution in [0.15, 0.2) is 12.3 Å². The Morgan fingerprint density at radius 3 is 2.29 bits per heavy atom. The Morgan fingerprint density at radius 2 is 1.76 bits per heavy atom. The fourth-order valence-electron chi connectivity index (χ4n) is 4.60. The van der Waals surface area contributed by atoms with Gasteiger partial charge in [0.1, 0.15) is 0 Å². The van der Waals surface area contributed by atoms with Crippen molar-refractivity contribution in [3.8, 4) is 0 Å². The second kappa shape index (κ2) is 5.95. The first kappa shape index (κ1) is 16.9. The third kappa shape index (κ3) is 4.25. The summed E-state index contributed by atoms with van der Waals surface area (Å²) >= 11 is 0. The highest BCUT2D eigenvalue weighted by Gasteiger charge is 2.46. The Balaban J connectivity index is 1.88. The first-order valence-corrected chi connectivity index (χ1v) is 8.89. The van der Waals surface area contributed by atoms with Crippen LogP contribution in [0, 0.1) is 10.8 Å². The van der Waals surface area contributed by atoms with Gasteiger partial charge in [-0.05, 0) is 55.8 Å². The minimum atomic E-state index is 0.138. The van der Waals surface area contributed by atoms with Crippen LogP contribution in [-0.4, -0.2) is 23.5 Å². The van der Waals surface area contributed by atoms with E-state index in [2.05, 4.69) is 39.2 Å². The lowest BCUT2D eigenvalue weighted by Crippen LogP contribution is -2.42. The van der Waals surface area contributed by atoms with E-state index in [1.165, 1.54) is 63.7 Å². The zero-order chi connectivity index (χ0) is 15.7. The molecule has 1 saturated carbocycles. The van der Waals surface area contributed by atoms with Crippen molar-refractivity contribution in [3.63, 3.8) is 0 Å². The third-order valence-corrected chi connectivity index (χ3v) is 5.63. The molecule has 1 saturated heterocycles. The molecule has 0 aromatic heterocycles. The first-order chi connectivity index (χ1) is 9.67. The molecule has 1 unspecified atom stereocenters.